The Morgan fingerprint density at radius 2 is 1.77 bits per heavy atom. The second-order valence-electron chi connectivity index (χ2n) is 12.5. The maximum Gasteiger partial charge on any atom is 0.408 e. The Labute approximate surface area is 256 Å². The Morgan fingerprint density at radius 1 is 1.11 bits per heavy atom. The molecule has 4 amide bonds. The van der Waals surface area contributed by atoms with Gasteiger partial charge in [0, 0.05) is 31.0 Å². The van der Waals surface area contributed by atoms with Gasteiger partial charge in [0.15, 0.2) is 5.78 Å². The minimum absolute atomic E-state index is 0.0391. The van der Waals surface area contributed by atoms with Crippen molar-refractivity contribution >= 4 is 39.7 Å². The summed E-state index contributed by atoms with van der Waals surface area (Å²) in [6.07, 6.45) is 0.290. The van der Waals surface area contributed by atoms with E-state index in [1.807, 2.05) is 30.3 Å². The summed E-state index contributed by atoms with van der Waals surface area (Å²) in [5.74, 6) is -3.55. The van der Waals surface area contributed by atoms with Crippen LogP contribution in [0.5, 0.6) is 0 Å². The monoisotopic (exact) mass is 635 g/mol. The molecule has 0 aromatic heterocycles. The number of alkyl carbamates (subject to hydrolysis) is 1. The number of rotatable bonds is 13. The molecule has 2 aliphatic heterocycles. The van der Waals surface area contributed by atoms with Gasteiger partial charge in [0.05, 0.1) is 12.5 Å². The van der Waals surface area contributed by atoms with Gasteiger partial charge in [0.25, 0.3) is 0 Å². The highest BCUT2D eigenvalue weighted by molar-refractivity contribution is 7.87. The SMILES string of the molecule is CC(C)C[C@H](NC(=O)OC1CC2(C1)CN(C(=O)Cc1ccccc1)C2)C(=O)N[C@@H](C[C@H]1CCNC1=O)C(=O)C(O)S(=O)(=O)[O-]. The molecule has 0 radical (unpaired) electrons. The molecule has 4 rings (SSSR count). The molecular formula is C29H39N4O10S-. The highest BCUT2D eigenvalue weighted by Crippen LogP contribution is 2.49. The third-order valence-electron chi connectivity index (χ3n) is 8.37. The summed E-state index contributed by atoms with van der Waals surface area (Å²) in [5.41, 5.74) is -2.09. The van der Waals surface area contributed by atoms with E-state index in [4.69, 9.17) is 4.74 Å². The van der Waals surface area contributed by atoms with Crippen LogP contribution in [0.25, 0.3) is 0 Å². The molecule has 15 heteroatoms. The highest BCUT2D eigenvalue weighted by atomic mass is 32.2. The van der Waals surface area contributed by atoms with Gasteiger partial charge in [-0.05, 0) is 43.6 Å². The zero-order valence-electron chi connectivity index (χ0n) is 24.7. The lowest BCUT2D eigenvalue weighted by Gasteiger charge is -2.58. The predicted octanol–water partition coefficient (Wildman–Crippen LogP) is -0.195. The van der Waals surface area contributed by atoms with Crippen LogP contribution >= 0.6 is 0 Å². The fourth-order valence-electron chi connectivity index (χ4n) is 6.09. The number of nitrogens with one attached hydrogen (secondary N) is 3. The molecule has 1 aromatic rings. The molecule has 1 spiro atoms. The summed E-state index contributed by atoms with van der Waals surface area (Å²) in [6, 6.07) is 6.60. The molecule has 14 nitrogen and oxygen atoms in total. The van der Waals surface area contributed by atoms with Crippen molar-refractivity contribution in [1.82, 2.24) is 20.9 Å². The lowest BCUT2D eigenvalue weighted by molar-refractivity contribution is -0.162. The standard InChI is InChI=1S/C29H40N4O10S/c1-17(2)10-22(26(37)31-21(12-19-8-9-30-25(19)36)24(35)27(38)44(40,41)42)32-28(39)43-20-13-29(14-20)15-33(16-29)23(34)11-18-6-4-3-5-7-18/h3-7,17,19-22,27,38H,8-16H2,1-2H3,(H,30,36)(H,31,37)(H,32,39)(H,40,41,42)/p-1/t19-,21+,22+,27?/m1/s1. The Bertz CT molecular complexity index is 1360. The first-order chi connectivity index (χ1) is 20.7. The normalized spacial score (nSPS) is 21.4. The molecule has 1 unspecified atom stereocenters. The Kier molecular flexibility index (Phi) is 10.3. The number of Topliss-reactive ketones (excluding diaryl/α,β-unsaturated/α-hetero) is 1. The van der Waals surface area contributed by atoms with Crippen molar-refractivity contribution in [1.29, 1.82) is 0 Å². The number of likely N-dealkylation sites (tertiary alicyclic amines) is 1. The van der Waals surface area contributed by atoms with Crippen molar-refractivity contribution in [3.05, 3.63) is 35.9 Å². The zero-order valence-corrected chi connectivity index (χ0v) is 25.5. The van der Waals surface area contributed by atoms with Crippen molar-refractivity contribution in [3.8, 4) is 0 Å². The molecule has 242 valence electrons. The number of aliphatic hydroxyl groups is 1. The number of amides is 4. The third kappa shape index (κ3) is 8.33. The molecule has 1 saturated carbocycles. The first-order valence-corrected chi connectivity index (χ1v) is 16.2. The van der Waals surface area contributed by atoms with Gasteiger partial charge in [0.1, 0.15) is 22.3 Å². The zero-order chi connectivity index (χ0) is 32.2. The van der Waals surface area contributed by atoms with E-state index in [1.165, 1.54) is 0 Å². The van der Waals surface area contributed by atoms with Gasteiger partial charge in [-0.25, -0.2) is 13.2 Å². The van der Waals surface area contributed by atoms with Crippen LogP contribution in [0.1, 0.15) is 51.5 Å². The average molecular weight is 636 g/mol. The number of ketones is 1. The van der Waals surface area contributed by atoms with E-state index in [0.717, 1.165) is 5.56 Å². The molecule has 3 aliphatic rings. The van der Waals surface area contributed by atoms with Gasteiger partial charge in [-0.1, -0.05) is 44.2 Å². The number of hydrogen-bond acceptors (Lipinski definition) is 10. The summed E-state index contributed by atoms with van der Waals surface area (Å²) in [4.78, 5) is 65.1. The number of aliphatic hydroxyl groups excluding tert-OH is 1. The highest BCUT2D eigenvalue weighted by Gasteiger charge is 2.55. The third-order valence-corrected chi connectivity index (χ3v) is 9.15. The summed E-state index contributed by atoms with van der Waals surface area (Å²) >= 11 is 0. The van der Waals surface area contributed by atoms with E-state index in [2.05, 4.69) is 16.0 Å². The molecule has 1 aromatic carbocycles. The van der Waals surface area contributed by atoms with Crippen LogP contribution in [-0.2, 0) is 40.5 Å². The van der Waals surface area contributed by atoms with Crippen molar-refractivity contribution in [3.63, 3.8) is 0 Å². The number of nitrogens with zero attached hydrogens (tertiary/aromatic N) is 1. The van der Waals surface area contributed by atoms with Gasteiger partial charge in [-0.2, -0.15) is 0 Å². The lowest BCUT2D eigenvalue weighted by atomic mass is 9.61. The summed E-state index contributed by atoms with van der Waals surface area (Å²) in [5, 5.41) is 17.2. The van der Waals surface area contributed by atoms with Crippen LogP contribution < -0.4 is 16.0 Å². The van der Waals surface area contributed by atoms with Gasteiger partial charge in [-0.15, -0.1) is 0 Å². The number of ether oxygens (including phenoxy) is 1. The number of hydrogen-bond donors (Lipinski definition) is 4. The van der Waals surface area contributed by atoms with E-state index in [1.54, 1.807) is 18.7 Å². The lowest BCUT2D eigenvalue weighted by Crippen LogP contribution is -2.66. The van der Waals surface area contributed by atoms with Gasteiger partial charge in [0.2, 0.25) is 23.2 Å². The topological polar surface area (TPSA) is 211 Å². The van der Waals surface area contributed by atoms with Crippen LogP contribution in [0.15, 0.2) is 30.3 Å². The summed E-state index contributed by atoms with van der Waals surface area (Å²) in [6.45, 7) is 5.07. The smallest absolute Gasteiger partial charge is 0.408 e. The maximum absolute atomic E-state index is 13.2. The molecule has 0 bridgehead atoms. The molecule has 4 N–H and O–H groups in total. The van der Waals surface area contributed by atoms with Crippen molar-refractivity contribution in [2.45, 2.75) is 76.0 Å². The van der Waals surface area contributed by atoms with E-state index < -0.39 is 63.4 Å². The van der Waals surface area contributed by atoms with Gasteiger partial charge in [-0.3, -0.25) is 19.2 Å². The predicted molar refractivity (Wildman–Crippen MR) is 153 cm³/mol. The number of carbonyl (C=O) groups excluding carboxylic acids is 5. The minimum Gasteiger partial charge on any atom is -0.746 e. The average Bonchev–Trinajstić information content (AvgIpc) is 3.31. The Hall–Kier alpha value is -3.56. The van der Waals surface area contributed by atoms with E-state index in [-0.39, 0.29) is 30.1 Å². The fraction of sp³-hybridized carbons (Fsp3) is 0.621. The number of carbonyl (C=O) groups is 5. The molecule has 2 saturated heterocycles. The van der Waals surface area contributed by atoms with E-state index in [9.17, 15) is 42.0 Å². The molecular weight excluding hydrogens is 596 g/mol. The molecule has 2 heterocycles. The maximum atomic E-state index is 13.2. The van der Waals surface area contributed by atoms with Gasteiger partial charge < -0.3 is 35.2 Å². The van der Waals surface area contributed by atoms with E-state index >= 15 is 0 Å². The van der Waals surface area contributed by atoms with Crippen LogP contribution in [-0.4, -0.2) is 95.8 Å². The van der Waals surface area contributed by atoms with Crippen LogP contribution in [0, 0.1) is 17.3 Å². The molecule has 1 aliphatic carbocycles. The second-order valence-corrected chi connectivity index (χ2v) is 13.9. The quantitative estimate of drug-likeness (QED) is 0.210. The Balaban J connectivity index is 1.30. The van der Waals surface area contributed by atoms with Crippen molar-refractivity contribution in [2.75, 3.05) is 19.6 Å². The van der Waals surface area contributed by atoms with E-state index in [0.29, 0.717) is 45.3 Å². The van der Waals surface area contributed by atoms with Crippen LogP contribution in [0.4, 0.5) is 4.79 Å². The summed E-state index contributed by atoms with van der Waals surface area (Å²) in [7, 11) is -5.44. The Morgan fingerprint density at radius 3 is 2.34 bits per heavy atom. The van der Waals surface area contributed by atoms with Crippen molar-refractivity contribution in [2.24, 2.45) is 17.3 Å². The van der Waals surface area contributed by atoms with Crippen LogP contribution in [0.3, 0.4) is 0 Å². The molecule has 4 atom stereocenters. The second kappa shape index (κ2) is 13.6. The minimum atomic E-state index is -5.44. The summed E-state index contributed by atoms with van der Waals surface area (Å²) < 4.78 is 39.4. The first-order valence-electron chi connectivity index (χ1n) is 14.7. The molecule has 3 fully saturated rings. The first kappa shape index (κ1) is 33.3. The van der Waals surface area contributed by atoms with Crippen molar-refractivity contribution < 1.29 is 46.8 Å². The van der Waals surface area contributed by atoms with Crippen LogP contribution in [0.2, 0.25) is 0 Å². The van der Waals surface area contributed by atoms with Gasteiger partial charge >= 0.3 is 6.09 Å². The molecule has 44 heavy (non-hydrogen) atoms. The number of benzene rings is 1. The largest absolute Gasteiger partial charge is 0.746 e. The fourth-order valence-corrected chi connectivity index (χ4v) is 6.54.